The number of nitrogens with two attached hydrogens (primary N) is 1. The zero-order chi connectivity index (χ0) is 25.6. The van der Waals surface area contributed by atoms with Gasteiger partial charge in [0.15, 0.2) is 23.4 Å². The second kappa shape index (κ2) is 8.70. The highest BCUT2D eigenvalue weighted by atomic mass is 19.4. The lowest BCUT2D eigenvalue weighted by Crippen LogP contribution is -2.47. The van der Waals surface area contributed by atoms with Gasteiger partial charge in [0.05, 0.1) is 12.8 Å². The van der Waals surface area contributed by atoms with E-state index < -0.39 is 64.6 Å². The second-order valence-electron chi connectivity index (χ2n) is 7.92. The van der Waals surface area contributed by atoms with E-state index in [-0.39, 0.29) is 16.0 Å². The van der Waals surface area contributed by atoms with Crippen molar-refractivity contribution in [1.82, 2.24) is 0 Å². The van der Waals surface area contributed by atoms with Crippen LogP contribution in [0.5, 0.6) is 5.75 Å². The zero-order valence-electron chi connectivity index (χ0n) is 18.1. The lowest BCUT2D eigenvalue weighted by Gasteiger charge is -2.32. The Hall–Kier alpha value is -3.48. The van der Waals surface area contributed by atoms with Gasteiger partial charge >= 0.3 is 12.1 Å². The molecule has 2 amide bonds. The average Bonchev–Trinajstić information content (AvgIpc) is 3.03. The van der Waals surface area contributed by atoms with E-state index >= 15 is 0 Å². The van der Waals surface area contributed by atoms with Gasteiger partial charge in [-0.05, 0) is 13.0 Å². The number of carbonyl (C=O) groups is 2. The molecule has 1 aliphatic rings. The second-order valence-corrected chi connectivity index (χ2v) is 7.92. The first-order chi connectivity index (χ1) is 15.7. The Morgan fingerprint density at radius 1 is 1.26 bits per heavy atom. The Morgan fingerprint density at radius 2 is 1.91 bits per heavy atom. The molecule has 34 heavy (non-hydrogen) atoms. The lowest BCUT2D eigenvalue weighted by atomic mass is 9.77. The van der Waals surface area contributed by atoms with Crippen molar-refractivity contribution in [3.05, 3.63) is 58.6 Å². The molecule has 4 atom stereocenters. The van der Waals surface area contributed by atoms with Crippen molar-refractivity contribution in [2.45, 2.75) is 37.6 Å². The van der Waals surface area contributed by atoms with E-state index in [1.807, 2.05) is 0 Å². The molecule has 1 aliphatic heterocycles. The van der Waals surface area contributed by atoms with Gasteiger partial charge in [0.2, 0.25) is 5.82 Å². The molecule has 8 nitrogen and oxygen atoms in total. The number of primary amides is 1. The normalized spacial score (nSPS) is 24.6. The molecule has 1 saturated heterocycles. The smallest absolute Gasteiger partial charge is 0.417 e. The summed E-state index contributed by atoms with van der Waals surface area (Å²) in [4.78, 5) is 24.4. The number of alkyl halides is 3. The zero-order valence-corrected chi connectivity index (χ0v) is 18.1. The molecule has 2 aromatic rings. The van der Waals surface area contributed by atoms with E-state index in [1.54, 1.807) is 0 Å². The molecular weight excluding hydrogens is 469 g/mol. The third kappa shape index (κ3) is 4.11. The first kappa shape index (κ1) is 25.1. The maximum Gasteiger partial charge on any atom is 0.417 e. The van der Waals surface area contributed by atoms with Crippen LogP contribution in [0, 0.1) is 22.8 Å². The van der Waals surface area contributed by atoms with Gasteiger partial charge in [-0.15, -0.1) is 0 Å². The number of pyridine rings is 1. The van der Waals surface area contributed by atoms with Gasteiger partial charge in [0.1, 0.15) is 6.10 Å². The predicted octanol–water partition coefficient (Wildman–Crippen LogP) is 2.78. The third-order valence-electron chi connectivity index (χ3n) is 6.01. The molecule has 1 aromatic heterocycles. The fourth-order valence-electron chi connectivity index (χ4n) is 4.00. The van der Waals surface area contributed by atoms with Crippen molar-refractivity contribution >= 4 is 17.5 Å². The summed E-state index contributed by atoms with van der Waals surface area (Å²) in [5.41, 5.74) is 1.40. The summed E-state index contributed by atoms with van der Waals surface area (Å²) in [5, 5.41) is 13.9. The molecule has 0 saturated carbocycles. The van der Waals surface area contributed by atoms with E-state index in [0.717, 1.165) is 38.4 Å². The fraction of sp³-hybridized carbons (Fsp3) is 0.381. The van der Waals surface area contributed by atoms with Crippen LogP contribution < -0.4 is 20.5 Å². The highest BCUT2D eigenvalue weighted by molar-refractivity contribution is 5.97. The van der Waals surface area contributed by atoms with Crippen LogP contribution in [0.25, 0.3) is 0 Å². The van der Waals surface area contributed by atoms with E-state index in [2.05, 4.69) is 5.32 Å². The summed E-state index contributed by atoms with van der Waals surface area (Å²) in [6.07, 6.45) is -5.90. The third-order valence-corrected chi connectivity index (χ3v) is 6.01. The standard InChI is InChI=1S/C21H20F5N3O5/c1-9-14(11-4-5-12(22)15(23)16(11)33-3)17(34-20(9,2)21(24,25)26)19(31)28-10-6-7-29(32)13(8-10)18(27)30/h4-9,14,17H,1-3H3,(H2,27,30)(H,28,31)/t9-,14+,17-,20-/m0/s1. The van der Waals surface area contributed by atoms with E-state index in [4.69, 9.17) is 15.2 Å². The van der Waals surface area contributed by atoms with Crippen LogP contribution in [0.3, 0.4) is 0 Å². The molecule has 1 fully saturated rings. The Balaban J connectivity index is 2.08. The fourth-order valence-corrected chi connectivity index (χ4v) is 4.00. The van der Waals surface area contributed by atoms with E-state index in [9.17, 15) is 36.7 Å². The number of rotatable bonds is 5. The Morgan fingerprint density at radius 3 is 2.47 bits per heavy atom. The first-order valence-electron chi connectivity index (χ1n) is 9.83. The van der Waals surface area contributed by atoms with Crippen LogP contribution in [0.15, 0.2) is 30.5 Å². The van der Waals surface area contributed by atoms with Crippen molar-refractivity contribution in [2.24, 2.45) is 11.7 Å². The SMILES string of the molecule is COc1c([C@@H]2[C@@H](C(=O)Nc3cc[n+]([O-])c(C(N)=O)c3)O[C@](C)(C(F)(F)F)[C@H]2C)ccc(F)c1F. The number of amides is 2. The average molecular weight is 489 g/mol. The number of nitrogens with zero attached hydrogens (tertiary/aromatic N) is 1. The Kier molecular flexibility index (Phi) is 6.44. The van der Waals surface area contributed by atoms with Crippen LogP contribution in [-0.4, -0.2) is 36.8 Å². The van der Waals surface area contributed by atoms with E-state index in [0.29, 0.717) is 6.07 Å². The summed E-state index contributed by atoms with van der Waals surface area (Å²) in [7, 11) is 1.01. The van der Waals surface area contributed by atoms with Gasteiger partial charge in [0.25, 0.3) is 11.6 Å². The molecule has 0 aliphatic carbocycles. The molecule has 184 valence electrons. The molecule has 0 radical (unpaired) electrons. The summed E-state index contributed by atoms with van der Waals surface area (Å²) in [6.45, 7) is 1.92. The number of methoxy groups -OCH3 is 1. The number of hydrogen-bond acceptors (Lipinski definition) is 5. The first-order valence-corrected chi connectivity index (χ1v) is 9.83. The van der Waals surface area contributed by atoms with Gasteiger partial charge in [-0.3, -0.25) is 9.59 Å². The summed E-state index contributed by atoms with van der Waals surface area (Å²) in [6, 6.07) is 3.76. The molecule has 3 rings (SSSR count). The number of anilines is 1. The minimum Gasteiger partial charge on any atom is -0.618 e. The van der Waals surface area contributed by atoms with Crippen molar-refractivity contribution in [3.63, 3.8) is 0 Å². The van der Waals surface area contributed by atoms with Gasteiger partial charge in [-0.2, -0.15) is 22.3 Å². The predicted molar refractivity (Wildman–Crippen MR) is 107 cm³/mol. The van der Waals surface area contributed by atoms with Crippen LogP contribution in [-0.2, 0) is 9.53 Å². The van der Waals surface area contributed by atoms with E-state index in [1.165, 1.54) is 6.92 Å². The Labute approximate surface area is 190 Å². The van der Waals surface area contributed by atoms with Crippen molar-refractivity contribution in [2.75, 3.05) is 12.4 Å². The van der Waals surface area contributed by atoms with Gasteiger partial charge in [-0.25, -0.2) is 4.39 Å². The molecule has 3 N–H and O–H groups in total. The molecule has 13 heteroatoms. The lowest BCUT2D eigenvalue weighted by molar-refractivity contribution is -0.607. The number of hydrogen-bond donors (Lipinski definition) is 2. The molecule has 0 spiro atoms. The minimum atomic E-state index is -4.93. The van der Waals surface area contributed by atoms with Crippen molar-refractivity contribution in [3.8, 4) is 5.75 Å². The summed E-state index contributed by atoms with van der Waals surface area (Å²) >= 11 is 0. The van der Waals surface area contributed by atoms with Crippen LogP contribution in [0.4, 0.5) is 27.6 Å². The molecule has 0 bridgehead atoms. The van der Waals surface area contributed by atoms with Gasteiger partial charge in [0, 0.05) is 29.5 Å². The number of carbonyl (C=O) groups excluding carboxylic acids is 2. The largest absolute Gasteiger partial charge is 0.618 e. The van der Waals surface area contributed by atoms with Crippen molar-refractivity contribution in [1.29, 1.82) is 0 Å². The maximum atomic E-state index is 14.4. The number of aromatic nitrogens is 1. The van der Waals surface area contributed by atoms with Crippen LogP contribution >= 0.6 is 0 Å². The molecular formula is C21H20F5N3O5. The highest BCUT2D eigenvalue weighted by Crippen LogP contribution is 2.55. The number of benzene rings is 1. The number of nitrogens with one attached hydrogen (secondary N) is 1. The number of ether oxygens (including phenoxy) is 2. The highest BCUT2D eigenvalue weighted by Gasteiger charge is 2.65. The number of halogens is 5. The van der Waals surface area contributed by atoms with Crippen LogP contribution in [0.1, 0.15) is 35.8 Å². The topological polar surface area (TPSA) is 118 Å². The van der Waals surface area contributed by atoms with Crippen LogP contribution in [0.2, 0.25) is 0 Å². The quantitative estimate of drug-likeness (QED) is 0.381. The summed E-state index contributed by atoms with van der Waals surface area (Å²) in [5.74, 6) is -8.43. The Bertz CT molecular complexity index is 1140. The van der Waals surface area contributed by atoms with Gasteiger partial charge < -0.3 is 25.7 Å². The molecule has 1 aromatic carbocycles. The van der Waals surface area contributed by atoms with Crippen molar-refractivity contribution < 1.29 is 45.7 Å². The monoisotopic (exact) mass is 489 g/mol. The van der Waals surface area contributed by atoms with Gasteiger partial charge in [-0.1, -0.05) is 13.0 Å². The summed E-state index contributed by atoms with van der Waals surface area (Å²) < 4.78 is 80.2. The molecule has 0 unspecified atom stereocenters. The molecule has 2 heterocycles. The maximum absolute atomic E-state index is 14.4. The minimum absolute atomic E-state index is 0.126.